The van der Waals surface area contributed by atoms with Crippen LogP contribution < -0.4 is 17.2 Å². The van der Waals surface area contributed by atoms with Gasteiger partial charge in [-0.2, -0.15) is 4.98 Å². The van der Waals surface area contributed by atoms with Crippen molar-refractivity contribution in [2.45, 2.75) is 52.0 Å². The van der Waals surface area contributed by atoms with Gasteiger partial charge in [0, 0.05) is 18.5 Å². The SMILES string of the molecule is CCC1OC(n2ccc(N)nc2=O)CC1COC(=O)[C@@H](N)C(C)C. The highest BCUT2D eigenvalue weighted by Gasteiger charge is 2.36. The van der Waals surface area contributed by atoms with E-state index >= 15 is 0 Å². The smallest absolute Gasteiger partial charge is 0.351 e. The molecule has 0 aromatic carbocycles. The van der Waals surface area contributed by atoms with Gasteiger partial charge in [-0.3, -0.25) is 9.36 Å². The van der Waals surface area contributed by atoms with Crippen LogP contribution in [0.5, 0.6) is 0 Å². The van der Waals surface area contributed by atoms with Gasteiger partial charge in [0.05, 0.1) is 12.7 Å². The van der Waals surface area contributed by atoms with E-state index in [4.69, 9.17) is 20.9 Å². The molecule has 0 saturated carbocycles. The van der Waals surface area contributed by atoms with Gasteiger partial charge in [0.1, 0.15) is 18.1 Å². The summed E-state index contributed by atoms with van der Waals surface area (Å²) in [5, 5.41) is 0. The lowest BCUT2D eigenvalue weighted by molar-refractivity contribution is -0.148. The number of carbonyl (C=O) groups is 1. The average molecular weight is 338 g/mol. The molecule has 8 heteroatoms. The maximum atomic E-state index is 11.9. The van der Waals surface area contributed by atoms with Gasteiger partial charge in [-0.1, -0.05) is 20.8 Å². The van der Waals surface area contributed by atoms with Gasteiger partial charge in [0.25, 0.3) is 0 Å². The Morgan fingerprint density at radius 3 is 2.83 bits per heavy atom. The van der Waals surface area contributed by atoms with Crippen LogP contribution >= 0.6 is 0 Å². The number of nitrogens with two attached hydrogens (primary N) is 2. The summed E-state index contributed by atoms with van der Waals surface area (Å²) in [6.45, 7) is 5.96. The van der Waals surface area contributed by atoms with Crippen LogP contribution in [-0.2, 0) is 14.3 Å². The molecule has 4 N–H and O–H groups in total. The summed E-state index contributed by atoms with van der Waals surface area (Å²) in [7, 11) is 0. The van der Waals surface area contributed by atoms with Gasteiger partial charge >= 0.3 is 11.7 Å². The second-order valence-corrected chi connectivity index (χ2v) is 6.48. The van der Waals surface area contributed by atoms with E-state index in [1.807, 2.05) is 20.8 Å². The van der Waals surface area contributed by atoms with Gasteiger partial charge in [-0.25, -0.2) is 4.79 Å². The molecule has 4 atom stereocenters. The van der Waals surface area contributed by atoms with Crippen molar-refractivity contribution >= 4 is 11.8 Å². The van der Waals surface area contributed by atoms with E-state index in [0.29, 0.717) is 6.42 Å². The third-order valence-corrected chi connectivity index (χ3v) is 4.36. The second kappa shape index (κ2) is 7.76. The van der Waals surface area contributed by atoms with Crippen LogP contribution in [0.1, 0.15) is 39.8 Å². The predicted molar refractivity (Wildman–Crippen MR) is 89.0 cm³/mol. The maximum absolute atomic E-state index is 11.9. The lowest BCUT2D eigenvalue weighted by Crippen LogP contribution is -2.38. The van der Waals surface area contributed by atoms with Crippen LogP contribution in [-0.4, -0.2) is 34.3 Å². The van der Waals surface area contributed by atoms with Crippen LogP contribution in [0.3, 0.4) is 0 Å². The van der Waals surface area contributed by atoms with Crippen LogP contribution in [0.15, 0.2) is 17.1 Å². The first-order valence-corrected chi connectivity index (χ1v) is 8.25. The Labute approximate surface area is 141 Å². The van der Waals surface area contributed by atoms with Crippen LogP contribution in [0, 0.1) is 11.8 Å². The number of hydrogen-bond acceptors (Lipinski definition) is 7. The van der Waals surface area contributed by atoms with Crippen molar-refractivity contribution < 1.29 is 14.3 Å². The number of hydrogen-bond donors (Lipinski definition) is 2. The first-order chi connectivity index (χ1) is 11.3. The van der Waals surface area contributed by atoms with E-state index in [2.05, 4.69) is 4.98 Å². The molecule has 1 aliphatic rings. The first-order valence-electron chi connectivity index (χ1n) is 8.25. The van der Waals surface area contributed by atoms with Crippen LogP contribution in [0.25, 0.3) is 0 Å². The molecule has 2 rings (SSSR count). The number of carbonyl (C=O) groups excluding carboxylic acids is 1. The van der Waals surface area contributed by atoms with Crippen molar-refractivity contribution in [1.82, 2.24) is 9.55 Å². The number of nitrogen functional groups attached to an aromatic ring is 1. The van der Waals surface area contributed by atoms with E-state index < -0.39 is 23.9 Å². The first kappa shape index (κ1) is 18.4. The zero-order chi connectivity index (χ0) is 17.9. The largest absolute Gasteiger partial charge is 0.464 e. The molecule has 1 aromatic rings. The molecule has 8 nitrogen and oxygen atoms in total. The van der Waals surface area contributed by atoms with Gasteiger partial charge in [-0.05, 0) is 18.4 Å². The summed E-state index contributed by atoms with van der Waals surface area (Å²) < 4.78 is 12.7. The molecule has 0 spiro atoms. The molecule has 1 aliphatic heterocycles. The lowest BCUT2D eigenvalue weighted by Gasteiger charge is -2.19. The average Bonchev–Trinajstić information content (AvgIpc) is 2.94. The molecule has 3 unspecified atom stereocenters. The molecule has 0 radical (unpaired) electrons. The summed E-state index contributed by atoms with van der Waals surface area (Å²) >= 11 is 0. The van der Waals surface area contributed by atoms with Crippen molar-refractivity contribution in [2.75, 3.05) is 12.3 Å². The van der Waals surface area contributed by atoms with Gasteiger partial charge in [-0.15, -0.1) is 0 Å². The van der Waals surface area contributed by atoms with E-state index in [1.165, 1.54) is 4.57 Å². The number of esters is 1. The van der Waals surface area contributed by atoms with Crippen molar-refractivity contribution in [3.05, 3.63) is 22.7 Å². The van der Waals surface area contributed by atoms with Crippen LogP contribution in [0.4, 0.5) is 5.82 Å². The predicted octanol–water partition coefficient (Wildman–Crippen LogP) is 0.666. The normalized spacial score (nSPS) is 25.0. The van der Waals surface area contributed by atoms with E-state index in [1.54, 1.807) is 12.3 Å². The monoisotopic (exact) mass is 338 g/mol. The van der Waals surface area contributed by atoms with Crippen molar-refractivity contribution in [3.8, 4) is 0 Å². The topological polar surface area (TPSA) is 122 Å². The highest BCUT2D eigenvalue weighted by Crippen LogP contribution is 2.34. The Hall–Kier alpha value is -1.93. The van der Waals surface area contributed by atoms with Crippen molar-refractivity contribution in [1.29, 1.82) is 0 Å². The number of aromatic nitrogens is 2. The Morgan fingerprint density at radius 2 is 2.25 bits per heavy atom. The number of nitrogens with zero attached hydrogens (tertiary/aromatic N) is 2. The zero-order valence-electron chi connectivity index (χ0n) is 14.3. The van der Waals surface area contributed by atoms with E-state index in [-0.39, 0.29) is 30.4 Å². The minimum atomic E-state index is -0.632. The highest BCUT2D eigenvalue weighted by molar-refractivity contribution is 5.75. The Kier molecular flexibility index (Phi) is 5.95. The Morgan fingerprint density at radius 1 is 1.54 bits per heavy atom. The molecule has 1 saturated heterocycles. The molecular weight excluding hydrogens is 312 g/mol. The maximum Gasteiger partial charge on any atom is 0.351 e. The minimum Gasteiger partial charge on any atom is -0.464 e. The van der Waals surface area contributed by atoms with Gasteiger partial charge in [0.2, 0.25) is 0 Å². The molecule has 24 heavy (non-hydrogen) atoms. The van der Waals surface area contributed by atoms with Crippen molar-refractivity contribution in [2.24, 2.45) is 17.6 Å². The number of rotatable bonds is 6. The van der Waals surface area contributed by atoms with Crippen LogP contribution in [0.2, 0.25) is 0 Å². The molecule has 0 amide bonds. The minimum absolute atomic E-state index is 0.00719. The molecule has 134 valence electrons. The quantitative estimate of drug-likeness (QED) is 0.731. The fourth-order valence-electron chi connectivity index (χ4n) is 2.77. The van der Waals surface area contributed by atoms with Crippen molar-refractivity contribution in [3.63, 3.8) is 0 Å². The molecular formula is C16H26N4O4. The summed E-state index contributed by atoms with van der Waals surface area (Å²) in [6.07, 6.45) is 2.37. The fourth-order valence-corrected chi connectivity index (χ4v) is 2.77. The Balaban J connectivity index is 2.01. The number of anilines is 1. The van der Waals surface area contributed by atoms with Gasteiger partial charge < -0.3 is 20.9 Å². The lowest BCUT2D eigenvalue weighted by atomic mass is 10.00. The summed E-state index contributed by atoms with van der Waals surface area (Å²) in [5.74, 6) is -0.205. The highest BCUT2D eigenvalue weighted by atomic mass is 16.5. The summed E-state index contributed by atoms with van der Waals surface area (Å²) in [5.41, 5.74) is 10.8. The van der Waals surface area contributed by atoms with E-state index in [9.17, 15) is 9.59 Å². The summed E-state index contributed by atoms with van der Waals surface area (Å²) in [6, 6.07) is 0.924. The second-order valence-electron chi connectivity index (χ2n) is 6.48. The van der Waals surface area contributed by atoms with E-state index in [0.717, 1.165) is 6.42 Å². The molecule has 1 fully saturated rings. The summed E-state index contributed by atoms with van der Waals surface area (Å²) in [4.78, 5) is 27.6. The fraction of sp³-hybridized carbons (Fsp3) is 0.688. The zero-order valence-corrected chi connectivity index (χ0v) is 14.3. The standard InChI is InChI=1S/C16H26N4O4/c1-4-11-10(8-23-15(21)14(18)9(2)3)7-13(24-11)20-6-5-12(17)19-16(20)22/h5-6,9-11,13-14H,4,7-8,18H2,1-3H3,(H2,17,19,22)/t10?,11?,13?,14-/m0/s1. The molecule has 1 aromatic heterocycles. The molecule has 0 aliphatic carbocycles. The molecule has 0 bridgehead atoms. The molecule has 2 heterocycles. The third-order valence-electron chi connectivity index (χ3n) is 4.36. The van der Waals surface area contributed by atoms with Gasteiger partial charge in [0.15, 0.2) is 0 Å². The number of ether oxygens (including phenoxy) is 2. The Bertz CT molecular complexity index is 631. The third kappa shape index (κ3) is 4.12.